The first-order valence-electron chi connectivity index (χ1n) is 6.36. The third kappa shape index (κ3) is 3.40. The molecule has 1 aliphatic heterocycles. The van der Waals surface area contributed by atoms with Gasteiger partial charge in [0.25, 0.3) is 0 Å². The summed E-state index contributed by atoms with van der Waals surface area (Å²) in [5.74, 6) is 1.67. The molecular formula is C13H22N4. The molecule has 0 aliphatic carbocycles. The van der Waals surface area contributed by atoms with Gasteiger partial charge in [-0.05, 0) is 31.8 Å². The molecular weight excluding hydrogens is 212 g/mol. The number of anilines is 1. The normalized spacial score (nSPS) is 18.3. The van der Waals surface area contributed by atoms with E-state index in [4.69, 9.17) is 0 Å². The third-order valence-corrected chi connectivity index (χ3v) is 3.37. The van der Waals surface area contributed by atoms with Crippen LogP contribution >= 0.6 is 0 Å². The summed E-state index contributed by atoms with van der Waals surface area (Å²) in [5.41, 5.74) is 1.21. The molecule has 0 spiro atoms. The van der Waals surface area contributed by atoms with Gasteiger partial charge >= 0.3 is 0 Å². The Labute approximate surface area is 104 Å². The SMILES string of the molecule is CC1CCN(Cc2cnc(N(C)C)nc2)CC1. The van der Waals surface area contributed by atoms with Gasteiger partial charge in [-0.2, -0.15) is 0 Å². The number of hydrogen-bond acceptors (Lipinski definition) is 4. The van der Waals surface area contributed by atoms with Crippen molar-refractivity contribution < 1.29 is 0 Å². The number of likely N-dealkylation sites (tertiary alicyclic amines) is 1. The first kappa shape index (κ1) is 12.3. The van der Waals surface area contributed by atoms with Crippen molar-refractivity contribution in [1.82, 2.24) is 14.9 Å². The van der Waals surface area contributed by atoms with Gasteiger partial charge in [0.2, 0.25) is 5.95 Å². The molecule has 4 heteroatoms. The number of nitrogens with zero attached hydrogens (tertiary/aromatic N) is 4. The van der Waals surface area contributed by atoms with Gasteiger partial charge in [0.05, 0.1) is 0 Å². The van der Waals surface area contributed by atoms with Crippen molar-refractivity contribution in [3.05, 3.63) is 18.0 Å². The molecule has 0 aromatic carbocycles. The topological polar surface area (TPSA) is 32.3 Å². The van der Waals surface area contributed by atoms with Crippen LogP contribution < -0.4 is 4.90 Å². The fraction of sp³-hybridized carbons (Fsp3) is 0.692. The first-order valence-corrected chi connectivity index (χ1v) is 6.36. The minimum Gasteiger partial charge on any atom is -0.347 e. The second-order valence-corrected chi connectivity index (χ2v) is 5.24. The van der Waals surface area contributed by atoms with Gasteiger partial charge in [0, 0.05) is 38.6 Å². The Hall–Kier alpha value is -1.16. The molecule has 1 aliphatic rings. The van der Waals surface area contributed by atoms with Gasteiger partial charge in [-0.1, -0.05) is 6.92 Å². The van der Waals surface area contributed by atoms with E-state index in [9.17, 15) is 0 Å². The van der Waals surface area contributed by atoms with Crippen LogP contribution in [-0.2, 0) is 6.54 Å². The van der Waals surface area contributed by atoms with Crippen LogP contribution in [0.4, 0.5) is 5.95 Å². The lowest BCUT2D eigenvalue weighted by molar-refractivity contribution is 0.185. The van der Waals surface area contributed by atoms with E-state index in [0.29, 0.717) is 0 Å². The van der Waals surface area contributed by atoms with Crippen molar-refractivity contribution >= 4 is 5.95 Å². The second-order valence-electron chi connectivity index (χ2n) is 5.24. The maximum Gasteiger partial charge on any atom is 0.224 e. The van der Waals surface area contributed by atoms with Crippen molar-refractivity contribution in [3.8, 4) is 0 Å². The number of hydrogen-bond donors (Lipinski definition) is 0. The average Bonchev–Trinajstić information content (AvgIpc) is 2.33. The van der Waals surface area contributed by atoms with Gasteiger partial charge in [0.15, 0.2) is 0 Å². The van der Waals surface area contributed by atoms with Crippen LogP contribution in [0.1, 0.15) is 25.3 Å². The second kappa shape index (κ2) is 5.45. The molecule has 17 heavy (non-hydrogen) atoms. The predicted molar refractivity (Wildman–Crippen MR) is 70.0 cm³/mol. The fourth-order valence-corrected chi connectivity index (χ4v) is 2.14. The molecule has 0 radical (unpaired) electrons. The zero-order valence-corrected chi connectivity index (χ0v) is 11.1. The van der Waals surface area contributed by atoms with Crippen LogP contribution in [0.3, 0.4) is 0 Å². The smallest absolute Gasteiger partial charge is 0.224 e. The average molecular weight is 234 g/mol. The molecule has 0 amide bonds. The molecule has 0 atom stereocenters. The maximum absolute atomic E-state index is 4.35. The summed E-state index contributed by atoms with van der Waals surface area (Å²) >= 11 is 0. The van der Waals surface area contributed by atoms with Crippen molar-refractivity contribution in [1.29, 1.82) is 0 Å². The van der Waals surface area contributed by atoms with Crippen LogP contribution in [0.15, 0.2) is 12.4 Å². The lowest BCUT2D eigenvalue weighted by Gasteiger charge is -2.29. The Morgan fingerprint density at radius 1 is 1.24 bits per heavy atom. The van der Waals surface area contributed by atoms with E-state index in [1.54, 1.807) is 0 Å². The van der Waals surface area contributed by atoms with E-state index in [0.717, 1.165) is 18.4 Å². The molecule has 1 saturated heterocycles. The summed E-state index contributed by atoms with van der Waals surface area (Å²) in [4.78, 5) is 13.1. The molecule has 0 unspecified atom stereocenters. The van der Waals surface area contributed by atoms with Gasteiger partial charge in [-0.3, -0.25) is 4.90 Å². The first-order chi connectivity index (χ1) is 8.15. The molecule has 2 heterocycles. The van der Waals surface area contributed by atoms with E-state index in [1.165, 1.54) is 31.5 Å². The quantitative estimate of drug-likeness (QED) is 0.798. The lowest BCUT2D eigenvalue weighted by atomic mass is 9.99. The highest BCUT2D eigenvalue weighted by Crippen LogP contribution is 2.17. The number of rotatable bonds is 3. The van der Waals surface area contributed by atoms with Crippen LogP contribution in [0, 0.1) is 5.92 Å². The molecule has 2 rings (SSSR count). The largest absolute Gasteiger partial charge is 0.347 e. The predicted octanol–water partition coefficient (Wildman–Crippen LogP) is 1.77. The van der Waals surface area contributed by atoms with Gasteiger partial charge < -0.3 is 4.90 Å². The Morgan fingerprint density at radius 3 is 2.35 bits per heavy atom. The summed E-state index contributed by atoms with van der Waals surface area (Å²) in [7, 11) is 3.92. The number of aromatic nitrogens is 2. The van der Waals surface area contributed by atoms with Crippen molar-refractivity contribution in [2.24, 2.45) is 5.92 Å². The Balaban J connectivity index is 1.90. The Bertz CT molecular complexity index is 339. The van der Waals surface area contributed by atoms with Crippen LogP contribution in [0.5, 0.6) is 0 Å². The van der Waals surface area contributed by atoms with Gasteiger partial charge in [0.1, 0.15) is 0 Å². The molecule has 1 aromatic rings. The highest BCUT2D eigenvalue weighted by Gasteiger charge is 2.15. The molecule has 94 valence electrons. The summed E-state index contributed by atoms with van der Waals surface area (Å²) in [5, 5.41) is 0. The molecule has 0 N–H and O–H groups in total. The van der Waals surface area contributed by atoms with E-state index in [-0.39, 0.29) is 0 Å². The standard InChI is InChI=1S/C13H22N4/c1-11-4-6-17(7-5-11)10-12-8-14-13(15-9-12)16(2)3/h8-9,11H,4-7,10H2,1-3H3. The van der Waals surface area contributed by atoms with Crippen molar-refractivity contribution in [2.45, 2.75) is 26.3 Å². The zero-order valence-electron chi connectivity index (χ0n) is 11.1. The van der Waals surface area contributed by atoms with E-state index >= 15 is 0 Å². The van der Waals surface area contributed by atoms with Crippen LogP contribution in [0.25, 0.3) is 0 Å². The Morgan fingerprint density at radius 2 is 1.82 bits per heavy atom. The Kier molecular flexibility index (Phi) is 3.94. The summed E-state index contributed by atoms with van der Waals surface area (Å²) in [6, 6.07) is 0. The highest BCUT2D eigenvalue weighted by atomic mass is 15.2. The van der Waals surface area contributed by atoms with Gasteiger partial charge in [-0.25, -0.2) is 9.97 Å². The summed E-state index contributed by atoms with van der Waals surface area (Å²) in [6.07, 6.45) is 6.52. The fourth-order valence-electron chi connectivity index (χ4n) is 2.14. The van der Waals surface area contributed by atoms with Crippen molar-refractivity contribution in [3.63, 3.8) is 0 Å². The minimum absolute atomic E-state index is 0.779. The van der Waals surface area contributed by atoms with E-state index in [2.05, 4.69) is 21.8 Å². The monoisotopic (exact) mass is 234 g/mol. The molecule has 0 saturated carbocycles. The molecule has 1 aromatic heterocycles. The molecule has 0 bridgehead atoms. The van der Waals surface area contributed by atoms with E-state index < -0.39 is 0 Å². The zero-order chi connectivity index (χ0) is 12.3. The molecule has 4 nitrogen and oxygen atoms in total. The maximum atomic E-state index is 4.35. The highest BCUT2D eigenvalue weighted by molar-refractivity contribution is 5.26. The van der Waals surface area contributed by atoms with E-state index in [1.807, 2.05) is 31.4 Å². The summed E-state index contributed by atoms with van der Waals surface area (Å²) < 4.78 is 0. The van der Waals surface area contributed by atoms with Crippen molar-refractivity contribution in [2.75, 3.05) is 32.1 Å². The molecule has 1 fully saturated rings. The van der Waals surface area contributed by atoms with Crippen LogP contribution in [0.2, 0.25) is 0 Å². The third-order valence-electron chi connectivity index (χ3n) is 3.37. The number of piperidine rings is 1. The van der Waals surface area contributed by atoms with Gasteiger partial charge in [-0.15, -0.1) is 0 Å². The minimum atomic E-state index is 0.779. The van der Waals surface area contributed by atoms with Crippen LogP contribution in [-0.4, -0.2) is 42.1 Å². The summed E-state index contributed by atoms with van der Waals surface area (Å²) in [6.45, 7) is 5.74. The lowest BCUT2D eigenvalue weighted by Crippen LogP contribution is -2.32.